The summed E-state index contributed by atoms with van der Waals surface area (Å²) in [4.78, 5) is 6.71. The van der Waals surface area contributed by atoms with Crippen molar-refractivity contribution in [3.05, 3.63) is 16.1 Å². The molecule has 1 N–H and O–H groups in total. The monoisotopic (exact) mass is 212 g/mol. The fourth-order valence-electron chi connectivity index (χ4n) is 1.88. The Morgan fingerprint density at radius 3 is 3.21 bits per heavy atom. The van der Waals surface area contributed by atoms with Crippen LogP contribution in [-0.4, -0.2) is 34.2 Å². The predicted octanol–water partition coefficient (Wildman–Crippen LogP) is 1.41. The zero-order valence-corrected chi connectivity index (χ0v) is 9.26. The van der Waals surface area contributed by atoms with Crippen molar-refractivity contribution in [2.45, 2.75) is 32.4 Å². The van der Waals surface area contributed by atoms with Gasteiger partial charge in [-0.05, 0) is 26.3 Å². The van der Waals surface area contributed by atoms with E-state index in [1.54, 1.807) is 11.3 Å². The Morgan fingerprint density at radius 1 is 1.71 bits per heavy atom. The smallest absolute Gasteiger partial charge is 0.0897 e. The molecule has 0 aliphatic carbocycles. The lowest BCUT2D eigenvalue weighted by atomic mass is 10.1. The van der Waals surface area contributed by atoms with Gasteiger partial charge >= 0.3 is 0 Å². The van der Waals surface area contributed by atoms with E-state index in [1.165, 1.54) is 0 Å². The van der Waals surface area contributed by atoms with Gasteiger partial charge in [0, 0.05) is 18.5 Å². The third-order valence-electron chi connectivity index (χ3n) is 2.53. The van der Waals surface area contributed by atoms with Crippen molar-refractivity contribution in [3.8, 4) is 0 Å². The van der Waals surface area contributed by atoms with Gasteiger partial charge in [-0.1, -0.05) is 0 Å². The number of aromatic nitrogens is 1. The summed E-state index contributed by atoms with van der Waals surface area (Å²) in [5.41, 5.74) is 1.14. The first-order valence-electron chi connectivity index (χ1n) is 5.05. The van der Waals surface area contributed by atoms with Crippen LogP contribution in [0.15, 0.2) is 5.38 Å². The highest BCUT2D eigenvalue weighted by molar-refractivity contribution is 7.09. The van der Waals surface area contributed by atoms with Crippen molar-refractivity contribution in [1.29, 1.82) is 0 Å². The Hall–Kier alpha value is -0.450. The zero-order valence-electron chi connectivity index (χ0n) is 8.44. The lowest BCUT2D eigenvalue weighted by molar-refractivity contribution is 0.0663. The molecule has 3 nitrogen and oxygen atoms in total. The van der Waals surface area contributed by atoms with E-state index in [4.69, 9.17) is 0 Å². The lowest BCUT2D eigenvalue weighted by Gasteiger charge is -2.29. The van der Waals surface area contributed by atoms with Crippen LogP contribution in [0.3, 0.4) is 0 Å². The molecule has 0 radical (unpaired) electrons. The first-order chi connectivity index (χ1) is 6.74. The van der Waals surface area contributed by atoms with Gasteiger partial charge in [-0.2, -0.15) is 0 Å². The van der Waals surface area contributed by atoms with Gasteiger partial charge in [0.2, 0.25) is 0 Å². The molecule has 1 aliphatic rings. The molecule has 1 aromatic heterocycles. The summed E-state index contributed by atoms with van der Waals surface area (Å²) >= 11 is 1.69. The number of aliphatic hydroxyl groups excluding tert-OH is 1. The SMILES string of the molecule is Cc1nc(CN2CCC[C@H](O)C2)cs1. The average molecular weight is 212 g/mol. The minimum atomic E-state index is -0.136. The molecule has 2 rings (SSSR count). The molecule has 0 aromatic carbocycles. The zero-order chi connectivity index (χ0) is 9.97. The van der Waals surface area contributed by atoms with Gasteiger partial charge < -0.3 is 5.11 Å². The van der Waals surface area contributed by atoms with E-state index in [9.17, 15) is 5.11 Å². The maximum Gasteiger partial charge on any atom is 0.0897 e. The minimum absolute atomic E-state index is 0.136. The molecule has 4 heteroatoms. The van der Waals surface area contributed by atoms with Gasteiger partial charge in [0.15, 0.2) is 0 Å². The summed E-state index contributed by atoms with van der Waals surface area (Å²) in [6.07, 6.45) is 1.92. The summed E-state index contributed by atoms with van der Waals surface area (Å²) in [7, 11) is 0. The van der Waals surface area contributed by atoms with Crippen molar-refractivity contribution in [2.75, 3.05) is 13.1 Å². The van der Waals surface area contributed by atoms with Gasteiger partial charge in [0.1, 0.15) is 0 Å². The van der Waals surface area contributed by atoms with Crippen LogP contribution in [0.25, 0.3) is 0 Å². The fraction of sp³-hybridized carbons (Fsp3) is 0.700. The van der Waals surface area contributed by atoms with E-state index in [-0.39, 0.29) is 6.10 Å². The maximum absolute atomic E-state index is 9.50. The number of piperidine rings is 1. The number of aliphatic hydroxyl groups is 1. The number of nitrogens with zero attached hydrogens (tertiary/aromatic N) is 2. The number of aryl methyl sites for hydroxylation is 1. The van der Waals surface area contributed by atoms with Crippen LogP contribution in [0.5, 0.6) is 0 Å². The van der Waals surface area contributed by atoms with Crippen LogP contribution in [-0.2, 0) is 6.54 Å². The number of rotatable bonds is 2. The molecule has 0 spiro atoms. The lowest BCUT2D eigenvalue weighted by Crippen LogP contribution is -2.37. The van der Waals surface area contributed by atoms with Crippen LogP contribution in [0, 0.1) is 6.92 Å². The van der Waals surface area contributed by atoms with Crippen molar-refractivity contribution < 1.29 is 5.11 Å². The Kier molecular flexibility index (Phi) is 3.15. The van der Waals surface area contributed by atoms with Gasteiger partial charge in [0.25, 0.3) is 0 Å². The number of hydrogen-bond donors (Lipinski definition) is 1. The molecule has 0 saturated carbocycles. The van der Waals surface area contributed by atoms with E-state index >= 15 is 0 Å². The Bertz CT molecular complexity index is 300. The predicted molar refractivity (Wildman–Crippen MR) is 57.4 cm³/mol. The minimum Gasteiger partial charge on any atom is -0.392 e. The maximum atomic E-state index is 9.50. The molecule has 0 amide bonds. The van der Waals surface area contributed by atoms with E-state index < -0.39 is 0 Å². The summed E-state index contributed by atoms with van der Waals surface area (Å²) < 4.78 is 0. The van der Waals surface area contributed by atoms with Crippen LogP contribution in [0.1, 0.15) is 23.5 Å². The van der Waals surface area contributed by atoms with E-state index in [0.717, 1.165) is 43.2 Å². The van der Waals surface area contributed by atoms with Gasteiger partial charge in [0.05, 0.1) is 16.8 Å². The van der Waals surface area contributed by atoms with Crippen LogP contribution >= 0.6 is 11.3 Å². The van der Waals surface area contributed by atoms with Crippen molar-refractivity contribution in [3.63, 3.8) is 0 Å². The molecule has 0 bridgehead atoms. The molecular weight excluding hydrogens is 196 g/mol. The topological polar surface area (TPSA) is 36.4 Å². The number of thiazole rings is 1. The van der Waals surface area contributed by atoms with E-state index in [2.05, 4.69) is 15.3 Å². The first-order valence-corrected chi connectivity index (χ1v) is 5.93. The molecule has 0 unspecified atom stereocenters. The fourth-order valence-corrected chi connectivity index (χ4v) is 2.49. The second-order valence-electron chi connectivity index (χ2n) is 3.89. The van der Waals surface area contributed by atoms with Crippen molar-refractivity contribution in [1.82, 2.24) is 9.88 Å². The highest BCUT2D eigenvalue weighted by Crippen LogP contribution is 2.15. The van der Waals surface area contributed by atoms with E-state index in [0.29, 0.717) is 0 Å². The van der Waals surface area contributed by atoms with Crippen LogP contribution in [0.4, 0.5) is 0 Å². The van der Waals surface area contributed by atoms with Gasteiger partial charge in [-0.15, -0.1) is 11.3 Å². The van der Waals surface area contributed by atoms with Gasteiger partial charge in [-0.25, -0.2) is 4.98 Å². The Balaban J connectivity index is 1.90. The average Bonchev–Trinajstić information content (AvgIpc) is 2.51. The number of hydrogen-bond acceptors (Lipinski definition) is 4. The Morgan fingerprint density at radius 2 is 2.57 bits per heavy atom. The second kappa shape index (κ2) is 4.38. The summed E-state index contributed by atoms with van der Waals surface area (Å²) in [6.45, 7) is 4.81. The molecule has 1 aromatic rings. The normalized spacial score (nSPS) is 24.0. The number of β-amino-alcohol motifs (C(OH)–C–C–N with tert-alkyl or cyclic N) is 1. The molecular formula is C10H16N2OS. The summed E-state index contributed by atoms with van der Waals surface area (Å²) in [5.74, 6) is 0. The highest BCUT2D eigenvalue weighted by atomic mass is 32.1. The third kappa shape index (κ3) is 2.53. The standard InChI is InChI=1S/C10H16N2OS/c1-8-11-9(7-14-8)5-12-4-2-3-10(13)6-12/h7,10,13H,2-6H2,1H3/t10-/m0/s1. The quantitative estimate of drug-likeness (QED) is 0.805. The van der Waals surface area contributed by atoms with Crippen LogP contribution < -0.4 is 0 Å². The molecule has 2 heterocycles. The molecule has 1 atom stereocenters. The first kappa shape index (κ1) is 10.1. The third-order valence-corrected chi connectivity index (χ3v) is 3.36. The van der Waals surface area contributed by atoms with Crippen LogP contribution in [0.2, 0.25) is 0 Å². The Labute approximate surface area is 88.4 Å². The second-order valence-corrected chi connectivity index (χ2v) is 4.95. The summed E-state index contributed by atoms with van der Waals surface area (Å²) in [6, 6.07) is 0. The number of likely N-dealkylation sites (tertiary alicyclic amines) is 1. The molecule has 1 aliphatic heterocycles. The van der Waals surface area contributed by atoms with Gasteiger partial charge in [-0.3, -0.25) is 4.90 Å². The molecule has 1 saturated heterocycles. The van der Waals surface area contributed by atoms with Crippen molar-refractivity contribution >= 4 is 11.3 Å². The van der Waals surface area contributed by atoms with E-state index in [1.807, 2.05) is 6.92 Å². The molecule has 78 valence electrons. The summed E-state index contributed by atoms with van der Waals surface area (Å²) in [5, 5.41) is 12.7. The molecule has 14 heavy (non-hydrogen) atoms. The van der Waals surface area contributed by atoms with Crippen molar-refractivity contribution in [2.24, 2.45) is 0 Å². The highest BCUT2D eigenvalue weighted by Gasteiger charge is 2.18. The molecule has 1 fully saturated rings. The largest absolute Gasteiger partial charge is 0.392 e.